The lowest BCUT2D eigenvalue weighted by molar-refractivity contribution is 0.0128. The van der Waals surface area contributed by atoms with E-state index in [-0.39, 0.29) is 5.60 Å². The zero-order chi connectivity index (χ0) is 15.3. The molecule has 1 aromatic heterocycles. The van der Waals surface area contributed by atoms with Crippen LogP contribution < -0.4 is 5.32 Å². The second kappa shape index (κ2) is 6.72. The molecule has 0 amide bonds. The number of rotatable bonds is 7. The molecule has 1 N–H and O–H groups in total. The van der Waals surface area contributed by atoms with Gasteiger partial charge in [-0.15, -0.1) is 0 Å². The van der Waals surface area contributed by atoms with Gasteiger partial charge in [0.25, 0.3) is 0 Å². The van der Waals surface area contributed by atoms with Gasteiger partial charge in [-0.1, -0.05) is 12.1 Å². The van der Waals surface area contributed by atoms with E-state index in [0.29, 0.717) is 6.04 Å². The first-order valence-electron chi connectivity index (χ1n) is 7.21. The molecule has 0 aliphatic carbocycles. The Balaban J connectivity index is 1.97. The van der Waals surface area contributed by atoms with E-state index in [9.17, 15) is 0 Å². The molecular weight excluding hydrogens is 264 g/mol. The second-order valence-electron chi connectivity index (χ2n) is 6.01. The lowest BCUT2D eigenvalue weighted by atomic mass is 9.99. The molecule has 0 aliphatic rings. The SMILES string of the molecule is COC(C)(C)CC(C)Nc1cccc(Cn2cncn2)c1. The Morgan fingerprint density at radius 3 is 2.86 bits per heavy atom. The van der Waals surface area contributed by atoms with Crippen molar-refractivity contribution >= 4 is 5.69 Å². The van der Waals surface area contributed by atoms with Crippen LogP contribution in [0.5, 0.6) is 0 Å². The van der Waals surface area contributed by atoms with Crippen LogP contribution in [0.25, 0.3) is 0 Å². The van der Waals surface area contributed by atoms with Gasteiger partial charge in [0.15, 0.2) is 0 Å². The molecule has 1 heterocycles. The van der Waals surface area contributed by atoms with Crippen LogP contribution in [0.2, 0.25) is 0 Å². The molecule has 21 heavy (non-hydrogen) atoms. The van der Waals surface area contributed by atoms with Crippen LogP contribution in [0.1, 0.15) is 32.8 Å². The van der Waals surface area contributed by atoms with Crippen LogP contribution in [0.15, 0.2) is 36.9 Å². The summed E-state index contributed by atoms with van der Waals surface area (Å²) in [6, 6.07) is 8.72. The van der Waals surface area contributed by atoms with Gasteiger partial charge in [0.2, 0.25) is 0 Å². The zero-order valence-electron chi connectivity index (χ0n) is 13.2. The third-order valence-corrected chi connectivity index (χ3v) is 3.50. The number of hydrogen-bond donors (Lipinski definition) is 1. The number of aromatic nitrogens is 3. The second-order valence-corrected chi connectivity index (χ2v) is 6.01. The summed E-state index contributed by atoms with van der Waals surface area (Å²) in [6.07, 6.45) is 4.22. The fraction of sp³-hybridized carbons (Fsp3) is 0.500. The van der Waals surface area contributed by atoms with Crippen LogP contribution in [0.4, 0.5) is 5.69 Å². The summed E-state index contributed by atoms with van der Waals surface area (Å²) in [5, 5.41) is 7.66. The minimum atomic E-state index is -0.120. The Bertz CT molecular complexity index is 551. The normalized spacial score (nSPS) is 13.1. The minimum Gasteiger partial charge on any atom is -0.382 e. The summed E-state index contributed by atoms with van der Waals surface area (Å²) in [6.45, 7) is 7.11. The molecule has 0 bridgehead atoms. The number of anilines is 1. The number of methoxy groups -OCH3 is 1. The lowest BCUT2D eigenvalue weighted by Crippen LogP contribution is -2.31. The molecule has 5 heteroatoms. The molecule has 2 aromatic rings. The van der Waals surface area contributed by atoms with E-state index >= 15 is 0 Å². The van der Waals surface area contributed by atoms with Crippen molar-refractivity contribution in [2.75, 3.05) is 12.4 Å². The quantitative estimate of drug-likeness (QED) is 0.851. The average molecular weight is 288 g/mol. The standard InChI is InChI=1S/C16H24N4O/c1-13(9-16(2,3)21-4)19-15-7-5-6-14(8-15)10-20-12-17-11-18-20/h5-8,11-13,19H,9-10H2,1-4H3. The summed E-state index contributed by atoms with van der Waals surface area (Å²) in [5.74, 6) is 0. The highest BCUT2D eigenvalue weighted by Crippen LogP contribution is 2.19. The number of hydrogen-bond acceptors (Lipinski definition) is 4. The van der Waals surface area contributed by atoms with E-state index in [2.05, 4.69) is 60.4 Å². The van der Waals surface area contributed by atoms with E-state index < -0.39 is 0 Å². The molecule has 0 aliphatic heterocycles. The van der Waals surface area contributed by atoms with Crippen molar-refractivity contribution in [2.45, 2.75) is 45.4 Å². The largest absolute Gasteiger partial charge is 0.382 e. The van der Waals surface area contributed by atoms with Crippen molar-refractivity contribution in [1.29, 1.82) is 0 Å². The smallest absolute Gasteiger partial charge is 0.137 e. The monoisotopic (exact) mass is 288 g/mol. The Morgan fingerprint density at radius 2 is 2.19 bits per heavy atom. The van der Waals surface area contributed by atoms with Crippen LogP contribution in [0, 0.1) is 0 Å². The molecule has 1 aromatic carbocycles. The zero-order valence-corrected chi connectivity index (χ0v) is 13.2. The number of benzene rings is 1. The summed E-state index contributed by atoms with van der Waals surface area (Å²) in [5.41, 5.74) is 2.20. The van der Waals surface area contributed by atoms with Crippen LogP contribution in [-0.4, -0.2) is 33.5 Å². The fourth-order valence-corrected chi connectivity index (χ4v) is 2.42. The third kappa shape index (κ3) is 4.86. The van der Waals surface area contributed by atoms with Crippen molar-refractivity contribution < 1.29 is 4.74 Å². The maximum Gasteiger partial charge on any atom is 0.137 e. The van der Waals surface area contributed by atoms with Gasteiger partial charge in [-0.05, 0) is 44.9 Å². The van der Waals surface area contributed by atoms with Crippen molar-refractivity contribution in [3.8, 4) is 0 Å². The fourth-order valence-electron chi connectivity index (χ4n) is 2.42. The van der Waals surface area contributed by atoms with E-state index in [1.165, 1.54) is 5.56 Å². The van der Waals surface area contributed by atoms with Gasteiger partial charge in [0, 0.05) is 18.8 Å². The van der Waals surface area contributed by atoms with Crippen LogP contribution >= 0.6 is 0 Å². The van der Waals surface area contributed by atoms with Gasteiger partial charge in [-0.3, -0.25) is 0 Å². The van der Waals surface area contributed by atoms with Gasteiger partial charge < -0.3 is 10.1 Å². The van der Waals surface area contributed by atoms with E-state index in [1.807, 2.05) is 4.68 Å². The average Bonchev–Trinajstić information content (AvgIpc) is 2.91. The highest BCUT2D eigenvalue weighted by molar-refractivity contribution is 5.46. The Kier molecular flexibility index (Phi) is 4.96. The summed E-state index contributed by atoms with van der Waals surface area (Å²) in [7, 11) is 1.76. The highest BCUT2D eigenvalue weighted by atomic mass is 16.5. The first-order chi connectivity index (χ1) is 9.98. The van der Waals surface area contributed by atoms with Crippen LogP contribution in [0.3, 0.4) is 0 Å². The molecule has 0 saturated carbocycles. The van der Waals surface area contributed by atoms with Crippen LogP contribution in [-0.2, 0) is 11.3 Å². The number of nitrogens with zero attached hydrogens (tertiary/aromatic N) is 3. The maximum atomic E-state index is 5.48. The first kappa shape index (κ1) is 15.5. The Morgan fingerprint density at radius 1 is 1.38 bits per heavy atom. The van der Waals surface area contributed by atoms with Gasteiger partial charge in [0.1, 0.15) is 12.7 Å². The predicted octanol–water partition coefficient (Wildman–Crippen LogP) is 2.94. The number of nitrogens with one attached hydrogen (secondary N) is 1. The highest BCUT2D eigenvalue weighted by Gasteiger charge is 2.20. The van der Waals surface area contributed by atoms with Gasteiger partial charge in [0.05, 0.1) is 12.1 Å². The van der Waals surface area contributed by atoms with Gasteiger partial charge >= 0.3 is 0 Å². The maximum absolute atomic E-state index is 5.48. The summed E-state index contributed by atoms with van der Waals surface area (Å²) >= 11 is 0. The topological polar surface area (TPSA) is 52.0 Å². The van der Waals surface area contributed by atoms with Gasteiger partial charge in [-0.2, -0.15) is 5.10 Å². The third-order valence-electron chi connectivity index (χ3n) is 3.50. The predicted molar refractivity (Wildman–Crippen MR) is 84.4 cm³/mol. The van der Waals surface area contributed by atoms with Crippen molar-refractivity contribution in [2.24, 2.45) is 0 Å². The molecule has 0 radical (unpaired) electrons. The summed E-state index contributed by atoms with van der Waals surface area (Å²) < 4.78 is 7.30. The van der Waals surface area contributed by atoms with Crippen molar-refractivity contribution in [1.82, 2.24) is 14.8 Å². The Labute approximate surface area is 126 Å². The molecule has 1 unspecified atom stereocenters. The van der Waals surface area contributed by atoms with E-state index in [1.54, 1.807) is 19.8 Å². The summed E-state index contributed by atoms with van der Waals surface area (Å²) in [4.78, 5) is 3.96. The molecule has 114 valence electrons. The van der Waals surface area contributed by atoms with Gasteiger partial charge in [-0.25, -0.2) is 9.67 Å². The number of ether oxygens (including phenoxy) is 1. The molecule has 0 spiro atoms. The Hall–Kier alpha value is -1.88. The first-order valence-corrected chi connectivity index (χ1v) is 7.21. The molecular formula is C16H24N4O. The molecule has 1 atom stereocenters. The molecule has 2 rings (SSSR count). The van der Waals surface area contributed by atoms with Crippen molar-refractivity contribution in [3.05, 3.63) is 42.5 Å². The van der Waals surface area contributed by atoms with Crippen molar-refractivity contribution in [3.63, 3.8) is 0 Å². The molecule has 0 fully saturated rings. The lowest BCUT2D eigenvalue weighted by Gasteiger charge is -2.27. The minimum absolute atomic E-state index is 0.120. The van der Waals surface area contributed by atoms with E-state index in [4.69, 9.17) is 4.74 Å². The molecule has 5 nitrogen and oxygen atoms in total. The van der Waals surface area contributed by atoms with E-state index in [0.717, 1.165) is 18.7 Å². The molecule has 0 saturated heterocycles.